The molecule has 0 saturated heterocycles. The summed E-state index contributed by atoms with van der Waals surface area (Å²) in [6, 6.07) is 11.9. The highest BCUT2D eigenvalue weighted by molar-refractivity contribution is 7.98. The third kappa shape index (κ3) is 3.33. The summed E-state index contributed by atoms with van der Waals surface area (Å²) in [6.45, 7) is 0. The van der Waals surface area contributed by atoms with Crippen molar-refractivity contribution >= 4 is 35.2 Å². The Balaban J connectivity index is 1.59. The lowest BCUT2D eigenvalue weighted by Crippen LogP contribution is -2.47. The Hall–Kier alpha value is -2.60. The number of amides is 3. The second-order valence-corrected chi connectivity index (χ2v) is 8.14. The minimum absolute atomic E-state index is 0.318. The van der Waals surface area contributed by atoms with Gasteiger partial charge in [0.15, 0.2) is 0 Å². The van der Waals surface area contributed by atoms with Crippen LogP contribution in [0.3, 0.4) is 0 Å². The Morgan fingerprint density at radius 1 is 1.07 bits per heavy atom. The molecule has 1 atom stereocenters. The van der Waals surface area contributed by atoms with Crippen molar-refractivity contribution in [3.05, 3.63) is 64.7 Å². The molecule has 0 bridgehead atoms. The molecule has 0 aromatic heterocycles. The van der Waals surface area contributed by atoms with Crippen molar-refractivity contribution in [3.63, 3.8) is 0 Å². The maximum atomic E-state index is 13.1. The van der Waals surface area contributed by atoms with Crippen LogP contribution in [0.15, 0.2) is 42.5 Å². The van der Waals surface area contributed by atoms with Crippen LogP contribution in [0.5, 0.6) is 0 Å². The van der Waals surface area contributed by atoms with Gasteiger partial charge in [-0.1, -0.05) is 18.2 Å². The molecule has 1 N–H and O–H groups in total. The van der Waals surface area contributed by atoms with E-state index >= 15 is 0 Å². The van der Waals surface area contributed by atoms with E-state index in [9.17, 15) is 14.4 Å². The molecule has 2 aliphatic rings. The number of hydrogen-bond donors (Lipinski definition) is 1. The van der Waals surface area contributed by atoms with E-state index in [-0.39, 0.29) is 5.91 Å². The number of thioether (sulfide) groups is 1. The molecule has 28 heavy (non-hydrogen) atoms. The maximum Gasteiger partial charge on any atom is 0.262 e. The third-order valence-electron chi connectivity index (χ3n) is 5.40. The van der Waals surface area contributed by atoms with Crippen LogP contribution in [-0.4, -0.2) is 40.7 Å². The molecule has 0 spiro atoms. The summed E-state index contributed by atoms with van der Waals surface area (Å²) in [7, 11) is 0. The third-order valence-corrected chi connectivity index (χ3v) is 6.05. The minimum Gasteiger partial charge on any atom is -0.324 e. The lowest BCUT2D eigenvalue weighted by Gasteiger charge is -2.25. The summed E-state index contributed by atoms with van der Waals surface area (Å²) in [4.78, 5) is 39.9. The fourth-order valence-electron chi connectivity index (χ4n) is 3.97. The van der Waals surface area contributed by atoms with Gasteiger partial charge in [-0.3, -0.25) is 19.3 Å². The molecule has 6 heteroatoms. The Morgan fingerprint density at radius 2 is 1.75 bits per heavy atom. The number of nitrogens with one attached hydrogen (secondary N) is 1. The van der Waals surface area contributed by atoms with Gasteiger partial charge >= 0.3 is 0 Å². The average Bonchev–Trinajstić information content (AvgIpc) is 3.26. The predicted molar refractivity (Wildman–Crippen MR) is 111 cm³/mol. The first-order chi connectivity index (χ1) is 13.6. The Labute approximate surface area is 168 Å². The maximum absolute atomic E-state index is 13.1. The van der Waals surface area contributed by atoms with Gasteiger partial charge in [-0.15, -0.1) is 0 Å². The van der Waals surface area contributed by atoms with Crippen LogP contribution in [0.4, 0.5) is 5.69 Å². The number of fused-ring (bicyclic) bond motifs is 2. The number of rotatable bonds is 6. The summed E-state index contributed by atoms with van der Waals surface area (Å²) in [6.07, 6.45) is 5.60. The molecule has 1 aliphatic heterocycles. The largest absolute Gasteiger partial charge is 0.324 e. The molecule has 1 heterocycles. The van der Waals surface area contributed by atoms with Gasteiger partial charge in [0, 0.05) is 5.69 Å². The average molecular weight is 394 g/mol. The van der Waals surface area contributed by atoms with Gasteiger partial charge in [-0.2, -0.15) is 11.8 Å². The lowest BCUT2D eigenvalue weighted by atomic mass is 10.1. The number of benzene rings is 2. The van der Waals surface area contributed by atoms with Gasteiger partial charge in [0.05, 0.1) is 11.1 Å². The van der Waals surface area contributed by atoms with Crippen LogP contribution in [0.25, 0.3) is 0 Å². The van der Waals surface area contributed by atoms with E-state index in [2.05, 4.69) is 11.4 Å². The van der Waals surface area contributed by atoms with Gasteiger partial charge < -0.3 is 5.32 Å². The number of anilines is 1. The molecule has 144 valence electrons. The Morgan fingerprint density at radius 3 is 2.43 bits per heavy atom. The van der Waals surface area contributed by atoms with Gasteiger partial charge in [-0.05, 0) is 73.1 Å². The van der Waals surface area contributed by atoms with Crippen molar-refractivity contribution in [2.24, 2.45) is 0 Å². The molecule has 5 nitrogen and oxygen atoms in total. The van der Waals surface area contributed by atoms with E-state index < -0.39 is 17.9 Å². The zero-order valence-corrected chi connectivity index (χ0v) is 16.6. The first-order valence-electron chi connectivity index (χ1n) is 9.48. The molecule has 1 aliphatic carbocycles. The van der Waals surface area contributed by atoms with Crippen LogP contribution >= 0.6 is 11.8 Å². The standard InChI is InChI=1S/C22H22N2O3S/c1-28-12-11-19(24-21(26)17-7-2-3-8-18(17)22(24)27)20(25)23-16-10-9-14-5-4-6-15(14)13-16/h2-3,7-10,13,19H,4-6,11-12H2,1H3,(H,23,25)/t19-/m0/s1. The van der Waals surface area contributed by atoms with Crippen LogP contribution in [0.2, 0.25) is 0 Å². The van der Waals surface area contributed by atoms with E-state index in [0.29, 0.717) is 23.3 Å². The number of nitrogens with zero attached hydrogens (tertiary/aromatic N) is 1. The molecule has 0 fully saturated rings. The molecular weight excluding hydrogens is 372 g/mol. The van der Waals surface area contributed by atoms with Gasteiger partial charge in [0.2, 0.25) is 5.91 Å². The molecule has 0 saturated carbocycles. The van der Waals surface area contributed by atoms with E-state index in [1.165, 1.54) is 11.1 Å². The number of imide groups is 1. The number of carbonyl (C=O) groups is 3. The Kier molecular flexibility index (Phi) is 5.22. The van der Waals surface area contributed by atoms with Crippen molar-refractivity contribution in [2.45, 2.75) is 31.7 Å². The Bertz CT molecular complexity index is 922. The normalized spacial score (nSPS) is 16.1. The topological polar surface area (TPSA) is 66.5 Å². The zero-order chi connectivity index (χ0) is 19.7. The number of hydrogen-bond acceptors (Lipinski definition) is 4. The molecule has 3 amide bonds. The smallest absolute Gasteiger partial charge is 0.262 e. The summed E-state index contributed by atoms with van der Waals surface area (Å²) in [5.41, 5.74) is 4.05. The van der Waals surface area contributed by atoms with Crippen molar-refractivity contribution in [2.75, 3.05) is 17.3 Å². The highest BCUT2D eigenvalue weighted by Gasteiger charge is 2.42. The highest BCUT2D eigenvalue weighted by atomic mass is 32.2. The minimum atomic E-state index is -0.826. The van der Waals surface area contributed by atoms with Crippen molar-refractivity contribution in [3.8, 4) is 0 Å². The van der Waals surface area contributed by atoms with E-state index in [0.717, 1.165) is 29.8 Å². The van der Waals surface area contributed by atoms with Gasteiger partial charge in [0.1, 0.15) is 6.04 Å². The second-order valence-electron chi connectivity index (χ2n) is 7.15. The SMILES string of the molecule is CSCC[C@@H](C(=O)Nc1ccc2c(c1)CCC2)N1C(=O)c2ccccc2C1=O. The van der Waals surface area contributed by atoms with Crippen molar-refractivity contribution < 1.29 is 14.4 Å². The summed E-state index contributed by atoms with van der Waals surface area (Å²) in [5, 5.41) is 2.93. The van der Waals surface area contributed by atoms with Crippen LogP contribution in [-0.2, 0) is 17.6 Å². The lowest BCUT2D eigenvalue weighted by molar-refractivity contribution is -0.120. The first kappa shape index (κ1) is 18.7. The summed E-state index contributed by atoms with van der Waals surface area (Å²) < 4.78 is 0. The molecule has 0 radical (unpaired) electrons. The molecule has 2 aromatic rings. The quantitative estimate of drug-likeness (QED) is 0.761. The second kappa shape index (κ2) is 7.80. The molecule has 0 unspecified atom stereocenters. The predicted octanol–water partition coefficient (Wildman–Crippen LogP) is 3.53. The van der Waals surface area contributed by atoms with Crippen LogP contribution in [0, 0.1) is 0 Å². The van der Waals surface area contributed by atoms with Crippen LogP contribution < -0.4 is 5.32 Å². The monoisotopic (exact) mass is 394 g/mol. The fourth-order valence-corrected chi connectivity index (χ4v) is 4.43. The molecule has 4 rings (SSSR count). The summed E-state index contributed by atoms with van der Waals surface area (Å²) in [5.74, 6) is -0.427. The number of aryl methyl sites for hydroxylation is 2. The molecule has 2 aromatic carbocycles. The zero-order valence-electron chi connectivity index (χ0n) is 15.7. The van der Waals surface area contributed by atoms with Crippen molar-refractivity contribution in [1.29, 1.82) is 0 Å². The summed E-state index contributed by atoms with van der Waals surface area (Å²) >= 11 is 1.59. The van der Waals surface area contributed by atoms with Crippen LogP contribution in [0.1, 0.15) is 44.7 Å². The highest BCUT2D eigenvalue weighted by Crippen LogP contribution is 2.28. The number of carbonyl (C=O) groups excluding carboxylic acids is 3. The van der Waals surface area contributed by atoms with Gasteiger partial charge in [0.25, 0.3) is 11.8 Å². The van der Waals surface area contributed by atoms with Gasteiger partial charge in [-0.25, -0.2) is 0 Å². The van der Waals surface area contributed by atoms with E-state index in [1.54, 1.807) is 36.0 Å². The van der Waals surface area contributed by atoms with Crippen molar-refractivity contribution in [1.82, 2.24) is 4.90 Å². The molecular formula is C22H22N2O3S. The van der Waals surface area contributed by atoms with E-state index in [4.69, 9.17) is 0 Å². The van der Waals surface area contributed by atoms with E-state index in [1.807, 2.05) is 18.4 Å². The fraction of sp³-hybridized carbons (Fsp3) is 0.318. The first-order valence-corrected chi connectivity index (χ1v) is 10.9.